The van der Waals surface area contributed by atoms with Crippen LogP contribution < -0.4 is 16.1 Å². The van der Waals surface area contributed by atoms with Crippen LogP contribution >= 0.6 is 0 Å². The third kappa shape index (κ3) is 10.9. The van der Waals surface area contributed by atoms with Crippen LogP contribution in [0.3, 0.4) is 0 Å². The summed E-state index contributed by atoms with van der Waals surface area (Å²) in [5.41, 5.74) is 3.33. The second-order valence-corrected chi connectivity index (χ2v) is 11.0. The molecule has 3 aromatic rings. The van der Waals surface area contributed by atoms with Gasteiger partial charge in [0.1, 0.15) is 12.4 Å². The number of allylic oxidation sites excluding steroid dienone is 7. The van der Waals surface area contributed by atoms with Gasteiger partial charge in [0.2, 0.25) is 0 Å². The standard InChI is InChI=1S/C24H28FN3O5.C13H16/c1-3-17(10-8-15(2)25)28-22(6-4-5-7-23(30)31)26-21-12-16(9-11-19(21)24(28)32)20-13-18(14-29)33-27-20;1-3-4-5-6-9-13-10-7-8-12(2)11-13/h3,8,10-13,16,23,29-31H,1,4-7,9,14H2,2H3;3,6-11H,1,4-5H2,2H3/b15-8+,17-10+;9-6+. The van der Waals surface area contributed by atoms with Crippen LogP contribution in [0.25, 0.3) is 23.9 Å². The lowest BCUT2D eigenvalue weighted by Crippen LogP contribution is -2.49. The molecule has 46 heavy (non-hydrogen) atoms. The molecule has 0 bridgehead atoms. The lowest BCUT2D eigenvalue weighted by Gasteiger charge is -2.16. The second kappa shape index (κ2) is 18.5. The van der Waals surface area contributed by atoms with Crippen LogP contribution in [0.4, 0.5) is 4.39 Å². The molecular formula is C37H44FN3O5. The molecule has 1 unspecified atom stereocenters. The highest BCUT2D eigenvalue weighted by Crippen LogP contribution is 2.23. The van der Waals surface area contributed by atoms with Gasteiger partial charge in [0, 0.05) is 24.1 Å². The van der Waals surface area contributed by atoms with Gasteiger partial charge in [-0.25, -0.2) is 9.37 Å². The van der Waals surface area contributed by atoms with Crippen molar-refractivity contribution in [1.82, 2.24) is 14.7 Å². The van der Waals surface area contributed by atoms with Gasteiger partial charge in [-0.15, -0.1) is 6.58 Å². The first kappa shape index (κ1) is 36.0. The van der Waals surface area contributed by atoms with E-state index in [1.807, 2.05) is 12.2 Å². The Morgan fingerprint density at radius 3 is 2.65 bits per heavy atom. The molecule has 0 spiro atoms. The number of aliphatic hydroxyl groups is 3. The third-order valence-corrected chi connectivity index (χ3v) is 7.22. The Balaban J connectivity index is 0.000000370. The smallest absolute Gasteiger partial charge is 0.265 e. The molecule has 0 aliphatic heterocycles. The average Bonchev–Trinajstić information content (AvgIpc) is 3.52. The number of hydrogen-bond donors (Lipinski definition) is 3. The number of aryl methyl sites for hydroxylation is 2. The number of aliphatic hydroxyl groups excluding tert-OH is 2. The van der Waals surface area contributed by atoms with Crippen molar-refractivity contribution in [3.63, 3.8) is 0 Å². The quantitative estimate of drug-likeness (QED) is 0.0949. The first-order valence-electron chi connectivity index (χ1n) is 15.4. The fraction of sp³-hybridized carbons (Fsp3) is 0.324. The SMILES string of the molecule is C=C/C(=C\C=C(/C)F)n1c(CCCCC(O)O)nc2c(c1=O)=CCC(c1cc(CO)on1)C=2.C=CCC/C=C/c1cccc(C)c1. The molecule has 1 aliphatic carbocycles. The molecule has 1 atom stereocenters. The van der Waals surface area contributed by atoms with Gasteiger partial charge >= 0.3 is 0 Å². The van der Waals surface area contributed by atoms with Crippen molar-refractivity contribution in [3.8, 4) is 0 Å². The predicted molar refractivity (Wildman–Crippen MR) is 181 cm³/mol. The summed E-state index contributed by atoms with van der Waals surface area (Å²) in [5, 5.41) is 32.3. The molecular weight excluding hydrogens is 585 g/mol. The lowest BCUT2D eigenvalue weighted by molar-refractivity contribution is -0.0465. The van der Waals surface area contributed by atoms with E-state index < -0.39 is 12.1 Å². The number of benzene rings is 1. The second-order valence-electron chi connectivity index (χ2n) is 11.0. The fourth-order valence-corrected chi connectivity index (χ4v) is 4.89. The van der Waals surface area contributed by atoms with Crippen LogP contribution in [-0.2, 0) is 13.0 Å². The van der Waals surface area contributed by atoms with E-state index in [1.165, 1.54) is 40.8 Å². The van der Waals surface area contributed by atoms with Gasteiger partial charge < -0.3 is 19.8 Å². The lowest BCUT2D eigenvalue weighted by atomic mass is 9.96. The Kier molecular flexibility index (Phi) is 14.5. The summed E-state index contributed by atoms with van der Waals surface area (Å²) in [5.74, 6) is 0.248. The normalized spacial score (nSPS) is 14.7. The molecule has 3 N–H and O–H groups in total. The summed E-state index contributed by atoms with van der Waals surface area (Å²) in [6.45, 7) is 10.6. The van der Waals surface area contributed by atoms with Crippen molar-refractivity contribution in [3.05, 3.63) is 129 Å². The van der Waals surface area contributed by atoms with E-state index in [2.05, 4.69) is 61.7 Å². The van der Waals surface area contributed by atoms with Crippen molar-refractivity contribution in [2.75, 3.05) is 0 Å². The summed E-state index contributed by atoms with van der Waals surface area (Å²) in [4.78, 5) is 18.2. The van der Waals surface area contributed by atoms with Crippen molar-refractivity contribution < 1.29 is 24.2 Å². The van der Waals surface area contributed by atoms with Gasteiger partial charge in [-0.05, 0) is 82.2 Å². The zero-order chi connectivity index (χ0) is 33.5. The summed E-state index contributed by atoms with van der Waals surface area (Å²) >= 11 is 0. The van der Waals surface area contributed by atoms with E-state index in [4.69, 9.17) is 19.7 Å². The van der Waals surface area contributed by atoms with E-state index in [0.717, 1.165) is 12.8 Å². The Bertz CT molecular complexity index is 1740. The molecule has 9 heteroatoms. The van der Waals surface area contributed by atoms with Crippen LogP contribution in [0.1, 0.15) is 79.8 Å². The fourth-order valence-electron chi connectivity index (χ4n) is 4.89. The molecule has 2 aromatic heterocycles. The molecule has 0 amide bonds. The van der Waals surface area contributed by atoms with E-state index in [9.17, 15) is 14.3 Å². The van der Waals surface area contributed by atoms with Crippen LogP contribution in [0.15, 0.2) is 89.0 Å². The predicted octanol–water partition coefficient (Wildman–Crippen LogP) is 5.37. The molecule has 2 heterocycles. The third-order valence-electron chi connectivity index (χ3n) is 7.22. The van der Waals surface area contributed by atoms with E-state index in [1.54, 1.807) is 12.1 Å². The van der Waals surface area contributed by atoms with E-state index in [-0.39, 0.29) is 24.5 Å². The molecule has 1 aliphatic rings. The van der Waals surface area contributed by atoms with Crippen LogP contribution in [-0.4, -0.2) is 36.3 Å². The monoisotopic (exact) mass is 629 g/mol. The summed E-state index contributed by atoms with van der Waals surface area (Å²) in [6, 6.07) is 10.2. The summed E-state index contributed by atoms with van der Waals surface area (Å²) < 4.78 is 19.8. The van der Waals surface area contributed by atoms with Gasteiger partial charge in [-0.3, -0.25) is 9.36 Å². The summed E-state index contributed by atoms with van der Waals surface area (Å²) in [6.07, 6.45) is 17.1. The van der Waals surface area contributed by atoms with Crippen LogP contribution in [0, 0.1) is 6.92 Å². The molecule has 0 saturated carbocycles. The molecule has 8 nitrogen and oxygen atoms in total. The highest BCUT2D eigenvalue weighted by atomic mass is 19.1. The molecule has 4 rings (SSSR count). The molecule has 0 saturated heterocycles. The van der Waals surface area contributed by atoms with Gasteiger partial charge in [0.15, 0.2) is 12.1 Å². The maximum absolute atomic E-state index is 13.4. The number of unbranched alkanes of at least 4 members (excludes halogenated alkanes) is 2. The minimum absolute atomic E-state index is 0.159. The van der Waals surface area contributed by atoms with Crippen molar-refractivity contribution in [2.45, 2.75) is 77.6 Å². The average molecular weight is 630 g/mol. The van der Waals surface area contributed by atoms with E-state index >= 15 is 0 Å². The Morgan fingerprint density at radius 1 is 1.20 bits per heavy atom. The maximum Gasteiger partial charge on any atom is 0.265 e. The molecule has 0 fully saturated rings. The minimum atomic E-state index is -1.39. The number of fused-ring (bicyclic) bond motifs is 1. The zero-order valence-electron chi connectivity index (χ0n) is 26.6. The van der Waals surface area contributed by atoms with E-state index in [0.29, 0.717) is 59.2 Å². The van der Waals surface area contributed by atoms with Crippen LogP contribution in [0.5, 0.6) is 0 Å². The maximum atomic E-state index is 13.4. The number of nitrogens with zero attached hydrogens (tertiary/aromatic N) is 3. The number of halogens is 1. The summed E-state index contributed by atoms with van der Waals surface area (Å²) in [7, 11) is 0. The van der Waals surface area contributed by atoms with Gasteiger partial charge in [0.05, 0.1) is 22.1 Å². The molecule has 0 radical (unpaired) electrons. The number of hydrogen-bond acceptors (Lipinski definition) is 7. The molecule has 1 aromatic carbocycles. The molecule has 244 valence electrons. The van der Waals surface area contributed by atoms with Gasteiger partial charge in [0.25, 0.3) is 5.56 Å². The Morgan fingerprint density at radius 2 is 2.00 bits per heavy atom. The Labute approximate surface area is 269 Å². The van der Waals surface area contributed by atoms with Crippen LogP contribution in [0.2, 0.25) is 0 Å². The minimum Gasteiger partial charge on any atom is -0.388 e. The van der Waals surface area contributed by atoms with Gasteiger partial charge in [-0.2, -0.15) is 0 Å². The largest absolute Gasteiger partial charge is 0.388 e. The number of rotatable bonds is 14. The Hall–Kier alpha value is -4.44. The number of aromatic nitrogens is 3. The van der Waals surface area contributed by atoms with Gasteiger partial charge in [-0.1, -0.05) is 65.9 Å². The van der Waals surface area contributed by atoms with Crippen molar-refractivity contribution in [1.29, 1.82) is 0 Å². The topological polar surface area (TPSA) is 122 Å². The van der Waals surface area contributed by atoms with Crippen molar-refractivity contribution >= 4 is 23.9 Å². The zero-order valence-corrected chi connectivity index (χ0v) is 26.6. The highest BCUT2D eigenvalue weighted by Gasteiger charge is 2.19. The highest BCUT2D eigenvalue weighted by molar-refractivity contribution is 5.59. The van der Waals surface area contributed by atoms with Crippen molar-refractivity contribution in [2.24, 2.45) is 0 Å². The first-order chi connectivity index (χ1) is 22.2. The first-order valence-corrected chi connectivity index (χ1v) is 15.4.